The number of amides is 1. The number of aromatic nitrogens is 2. The predicted octanol–water partition coefficient (Wildman–Crippen LogP) is 3.98. The van der Waals surface area contributed by atoms with Gasteiger partial charge in [0.05, 0.1) is 10.6 Å². The van der Waals surface area contributed by atoms with E-state index >= 15 is 0 Å². The summed E-state index contributed by atoms with van der Waals surface area (Å²) >= 11 is 2.94. The van der Waals surface area contributed by atoms with Crippen LogP contribution in [0.4, 0.5) is 0 Å². The zero-order valence-corrected chi connectivity index (χ0v) is 18.4. The zero-order valence-electron chi connectivity index (χ0n) is 16.8. The van der Waals surface area contributed by atoms with Gasteiger partial charge in [0.2, 0.25) is 5.91 Å². The molecular formula is C20H29N3O2S2. The minimum absolute atomic E-state index is 0.0349. The lowest BCUT2D eigenvalue weighted by Crippen LogP contribution is -2.28. The Morgan fingerprint density at radius 1 is 1.44 bits per heavy atom. The fourth-order valence-corrected chi connectivity index (χ4v) is 5.93. The maximum Gasteiger partial charge on any atom is 0.263 e. The average Bonchev–Trinajstić information content (AvgIpc) is 2.94. The molecule has 7 heteroatoms. The van der Waals surface area contributed by atoms with Crippen molar-refractivity contribution in [1.29, 1.82) is 0 Å². The fraction of sp³-hybridized carbons (Fsp3) is 0.650. The first-order chi connectivity index (χ1) is 12.6. The molecule has 0 saturated heterocycles. The van der Waals surface area contributed by atoms with E-state index in [1.165, 1.54) is 22.2 Å². The van der Waals surface area contributed by atoms with Gasteiger partial charge in [-0.2, -0.15) is 0 Å². The van der Waals surface area contributed by atoms with Crippen LogP contribution in [0.3, 0.4) is 0 Å². The molecule has 2 heterocycles. The Kier molecular flexibility index (Phi) is 5.73. The van der Waals surface area contributed by atoms with E-state index in [4.69, 9.17) is 10.7 Å². The number of nitrogens with two attached hydrogens (primary N) is 1. The molecule has 0 fully saturated rings. The molecule has 0 radical (unpaired) electrons. The number of primary amides is 1. The smallest absolute Gasteiger partial charge is 0.263 e. The molecule has 0 aliphatic heterocycles. The molecule has 2 N–H and O–H groups in total. The van der Waals surface area contributed by atoms with Crippen LogP contribution in [0.15, 0.2) is 9.95 Å². The van der Waals surface area contributed by atoms with E-state index in [2.05, 4.69) is 20.8 Å². The average molecular weight is 408 g/mol. The summed E-state index contributed by atoms with van der Waals surface area (Å²) in [5.41, 5.74) is 6.93. The second-order valence-corrected chi connectivity index (χ2v) is 10.9. The molecule has 2 aromatic rings. The van der Waals surface area contributed by atoms with Gasteiger partial charge in [0.15, 0.2) is 5.16 Å². The molecule has 1 amide bonds. The molecule has 2 aromatic heterocycles. The lowest BCUT2D eigenvalue weighted by atomic mass is 9.72. The molecule has 0 aromatic carbocycles. The lowest BCUT2D eigenvalue weighted by Gasteiger charge is -2.33. The van der Waals surface area contributed by atoms with E-state index in [0.29, 0.717) is 17.6 Å². The third-order valence-corrected chi connectivity index (χ3v) is 7.75. The van der Waals surface area contributed by atoms with Gasteiger partial charge in [0, 0.05) is 11.4 Å². The summed E-state index contributed by atoms with van der Waals surface area (Å²) in [6, 6.07) is 0. The van der Waals surface area contributed by atoms with Crippen molar-refractivity contribution in [2.45, 2.75) is 77.3 Å². The quantitative estimate of drug-likeness (QED) is 0.600. The monoisotopic (exact) mass is 407 g/mol. The highest BCUT2D eigenvalue weighted by Crippen LogP contribution is 2.42. The van der Waals surface area contributed by atoms with E-state index < -0.39 is 11.2 Å². The molecule has 148 valence electrons. The normalized spacial score (nSPS) is 18.5. The summed E-state index contributed by atoms with van der Waals surface area (Å²) in [5.74, 6) is 0.232. The summed E-state index contributed by atoms with van der Waals surface area (Å²) in [4.78, 5) is 31.7. The summed E-state index contributed by atoms with van der Waals surface area (Å²) in [6.45, 7) is 11.3. The van der Waals surface area contributed by atoms with Crippen molar-refractivity contribution in [3.63, 3.8) is 0 Å². The van der Waals surface area contributed by atoms with Crippen molar-refractivity contribution in [3.05, 3.63) is 20.8 Å². The number of thioether (sulfide) groups is 1. The van der Waals surface area contributed by atoms with E-state index in [9.17, 15) is 9.59 Å². The molecule has 1 aliphatic rings. The van der Waals surface area contributed by atoms with Gasteiger partial charge in [-0.25, -0.2) is 4.98 Å². The molecule has 0 spiro atoms. The summed E-state index contributed by atoms with van der Waals surface area (Å²) in [5, 5.41) is 0.982. The van der Waals surface area contributed by atoms with E-state index in [1.54, 1.807) is 22.8 Å². The maximum absolute atomic E-state index is 13.3. The minimum Gasteiger partial charge on any atom is -0.369 e. The summed E-state index contributed by atoms with van der Waals surface area (Å²) in [6.07, 6.45) is 3.92. The van der Waals surface area contributed by atoms with Crippen LogP contribution in [0.5, 0.6) is 0 Å². The number of fused-ring (bicyclic) bond motifs is 3. The predicted molar refractivity (Wildman–Crippen MR) is 114 cm³/mol. The number of carbonyl (C=O) groups excluding carboxylic acids is 1. The van der Waals surface area contributed by atoms with Gasteiger partial charge >= 0.3 is 0 Å². The molecule has 2 atom stereocenters. The zero-order chi connectivity index (χ0) is 19.9. The highest BCUT2D eigenvalue weighted by Gasteiger charge is 2.32. The van der Waals surface area contributed by atoms with Crippen LogP contribution in [-0.2, 0) is 24.2 Å². The van der Waals surface area contributed by atoms with Crippen LogP contribution in [0.2, 0.25) is 0 Å². The number of hydrogen-bond acceptors (Lipinski definition) is 5. The van der Waals surface area contributed by atoms with Gasteiger partial charge in [-0.1, -0.05) is 39.5 Å². The second kappa shape index (κ2) is 7.59. The molecule has 0 saturated carbocycles. The van der Waals surface area contributed by atoms with E-state index in [1.807, 2.05) is 6.92 Å². The molecule has 3 rings (SSSR count). The molecular weight excluding hydrogens is 378 g/mol. The minimum atomic E-state index is -0.419. The number of hydrogen-bond donors (Lipinski definition) is 1. The Morgan fingerprint density at radius 3 is 2.74 bits per heavy atom. The maximum atomic E-state index is 13.3. The number of aryl methyl sites for hydroxylation is 1. The van der Waals surface area contributed by atoms with E-state index in [-0.39, 0.29) is 11.0 Å². The van der Waals surface area contributed by atoms with Gasteiger partial charge in [0.1, 0.15) is 4.83 Å². The lowest BCUT2D eigenvalue weighted by molar-refractivity contribution is -0.117. The van der Waals surface area contributed by atoms with Crippen LogP contribution in [-0.4, -0.2) is 20.7 Å². The number of rotatable bonds is 5. The van der Waals surface area contributed by atoms with Crippen molar-refractivity contribution >= 4 is 39.2 Å². The van der Waals surface area contributed by atoms with Gasteiger partial charge in [-0.15, -0.1) is 11.3 Å². The number of thiophene rings is 1. The van der Waals surface area contributed by atoms with Gasteiger partial charge < -0.3 is 5.73 Å². The van der Waals surface area contributed by atoms with Crippen molar-refractivity contribution in [2.75, 3.05) is 0 Å². The summed E-state index contributed by atoms with van der Waals surface area (Å²) in [7, 11) is 0. The highest BCUT2D eigenvalue weighted by molar-refractivity contribution is 8.00. The second-order valence-electron chi connectivity index (χ2n) is 8.50. The number of carbonyl (C=O) groups is 1. The van der Waals surface area contributed by atoms with Crippen molar-refractivity contribution in [3.8, 4) is 0 Å². The molecule has 0 bridgehead atoms. The SMILES string of the molecule is CCCn1c(SC(C)C(N)=O)nc2sc3c(c2c1=O)CCC(C(C)(C)C)C3. The van der Waals surface area contributed by atoms with Crippen LogP contribution in [0, 0.1) is 11.3 Å². The first kappa shape index (κ1) is 20.4. The molecule has 1 aliphatic carbocycles. The molecule has 2 unspecified atom stereocenters. The van der Waals surface area contributed by atoms with Gasteiger partial charge in [-0.3, -0.25) is 14.2 Å². The highest BCUT2D eigenvalue weighted by atomic mass is 32.2. The molecule has 27 heavy (non-hydrogen) atoms. The van der Waals surface area contributed by atoms with Crippen molar-refractivity contribution in [1.82, 2.24) is 9.55 Å². The third kappa shape index (κ3) is 3.94. The summed E-state index contributed by atoms with van der Waals surface area (Å²) < 4.78 is 1.73. The Morgan fingerprint density at radius 2 is 2.15 bits per heavy atom. The van der Waals surface area contributed by atoms with E-state index in [0.717, 1.165) is 35.9 Å². The standard InChI is InChI=1S/C20H29N3O2S2/c1-6-9-23-18(25)15-13-8-7-12(20(3,4)5)10-14(13)27-17(15)22-19(23)26-11(2)16(21)24/h11-12H,6-10H2,1-5H3,(H2,21,24). The van der Waals surface area contributed by atoms with Crippen LogP contribution < -0.4 is 11.3 Å². The van der Waals surface area contributed by atoms with Gasteiger partial charge in [0.25, 0.3) is 5.56 Å². The molecule has 5 nitrogen and oxygen atoms in total. The van der Waals surface area contributed by atoms with Crippen molar-refractivity contribution < 1.29 is 4.79 Å². The van der Waals surface area contributed by atoms with Crippen LogP contribution in [0.1, 0.15) is 57.9 Å². The largest absolute Gasteiger partial charge is 0.369 e. The van der Waals surface area contributed by atoms with Crippen LogP contribution in [0.25, 0.3) is 10.2 Å². The fourth-order valence-electron chi connectivity index (χ4n) is 3.71. The third-order valence-electron chi connectivity index (χ3n) is 5.49. The number of nitrogens with zero attached hydrogens (tertiary/aromatic N) is 2. The Balaban J connectivity index is 2.11. The van der Waals surface area contributed by atoms with Crippen LogP contribution >= 0.6 is 23.1 Å². The van der Waals surface area contributed by atoms with Gasteiger partial charge in [-0.05, 0) is 49.5 Å². The van der Waals surface area contributed by atoms with Crippen molar-refractivity contribution in [2.24, 2.45) is 17.1 Å². The Bertz CT molecular complexity index is 924. The first-order valence-corrected chi connectivity index (χ1v) is 11.3. The first-order valence-electron chi connectivity index (χ1n) is 9.64. The Labute approximate surface area is 168 Å². The Hall–Kier alpha value is -1.34. The topological polar surface area (TPSA) is 78.0 Å².